The number of pyridine rings is 1. The molecule has 4 aromatic rings. The highest BCUT2D eigenvalue weighted by Crippen LogP contribution is 2.43. The maximum Gasteiger partial charge on any atom is 0.522 e. The van der Waals surface area contributed by atoms with Crippen molar-refractivity contribution < 1.29 is 27.8 Å². The Balaban J connectivity index is 1.51. The van der Waals surface area contributed by atoms with Crippen LogP contribution < -0.4 is 16.4 Å². The molecule has 13 nitrogen and oxygen atoms in total. The molecule has 0 saturated carbocycles. The van der Waals surface area contributed by atoms with Gasteiger partial charge in [0, 0.05) is 25.5 Å². The average molecular weight is 518 g/mol. The first-order valence-electron chi connectivity index (χ1n) is 10.9. The van der Waals surface area contributed by atoms with Gasteiger partial charge in [-0.2, -0.15) is 10.2 Å². The number of fused-ring (bicyclic) bond motifs is 2. The lowest BCUT2D eigenvalue weighted by atomic mass is 9.82. The monoisotopic (exact) mass is 518 g/mol. The number of aryl methyl sites for hydroxylation is 1. The van der Waals surface area contributed by atoms with Gasteiger partial charge in [0.05, 0.1) is 24.1 Å². The molecule has 37 heavy (non-hydrogen) atoms. The number of nitrogens with one attached hydrogen (secondary N) is 2. The summed E-state index contributed by atoms with van der Waals surface area (Å²) in [6.07, 6.45) is -3.06. The zero-order valence-electron chi connectivity index (χ0n) is 19.5. The second kappa shape index (κ2) is 8.67. The fourth-order valence-corrected chi connectivity index (χ4v) is 4.15. The highest BCUT2D eigenvalue weighted by atomic mass is 19.4. The van der Waals surface area contributed by atoms with Crippen LogP contribution in [0.2, 0.25) is 0 Å². The van der Waals surface area contributed by atoms with Gasteiger partial charge in [-0.1, -0.05) is 0 Å². The molecule has 0 radical (unpaired) electrons. The van der Waals surface area contributed by atoms with Crippen molar-refractivity contribution in [3.05, 3.63) is 36.2 Å². The lowest BCUT2D eigenvalue weighted by Gasteiger charge is -2.26. The number of aromatic nitrogens is 7. The van der Waals surface area contributed by atoms with Gasteiger partial charge in [0.25, 0.3) is 0 Å². The van der Waals surface area contributed by atoms with Crippen molar-refractivity contribution in [1.82, 2.24) is 34.5 Å². The summed E-state index contributed by atoms with van der Waals surface area (Å²) in [5.74, 6) is -0.254. The second-order valence-electron chi connectivity index (χ2n) is 8.47. The lowest BCUT2D eigenvalue weighted by Crippen LogP contribution is -2.46. The van der Waals surface area contributed by atoms with E-state index in [9.17, 15) is 23.1 Å². The number of carbonyl (C=O) groups excluding carboxylic acids is 1. The van der Waals surface area contributed by atoms with Crippen LogP contribution in [0.25, 0.3) is 22.6 Å². The van der Waals surface area contributed by atoms with Crippen molar-refractivity contribution >= 4 is 34.4 Å². The largest absolute Gasteiger partial charge is 0.522 e. The minimum atomic E-state index is -4.78. The normalized spacial score (nSPS) is 19.1. The smallest absolute Gasteiger partial charge is 0.383 e. The molecule has 5 N–H and O–H groups in total. The van der Waals surface area contributed by atoms with Gasteiger partial charge in [-0.25, -0.2) is 19.6 Å². The number of hydrogen-bond donors (Lipinski definition) is 4. The van der Waals surface area contributed by atoms with Crippen LogP contribution >= 0.6 is 0 Å². The molecule has 1 aliphatic rings. The number of nitrogen functional groups attached to an aromatic ring is 1. The van der Waals surface area contributed by atoms with Crippen LogP contribution in [0.3, 0.4) is 0 Å². The number of aliphatic hydroxyl groups excluding tert-OH is 1. The first-order valence-corrected chi connectivity index (χ1v) is 10.9. The number of ether oxygens (including phenoxy) is 1. The molecule has 5 heterocycles. The number of halogens is 3. The lowest BCUT2D eigenvalue weighted by molar-refractivity contribution is -0.325. The molecule has 0 spiro atoms. The summed E-state index contributed by atoms with van der Waals surface area (Å²) in [5.41, 5.74) is 5.37. The van der Waals surface area contributed by atoms with Crippen molar-refractivity contribution in [3.63, 3.8) is 0 Å². The summed E-state index contributed by atoms with van der Waals surface area (Å²) in [5, 5.41) is 25.1. The van der Waals surface area contributed by atoms with Gasteiger partial charge in [0.1, 0.15) is 29.0 Å². The van der Waals surface area contributed by atoms with Crippen LogP contribution in [0.1, 0.15) is 12.5 Å². The number of hydrogen-bond acceptors (Lipinski definition) is 10. The highest BCUT2D eigenvalue weighted by Gasteiger charge is 2.52. The minimum Gasteiger partial charge on any atom is -0.383 e. The van der Waals surface area contributed by atoms with Crippen molar-refractivity contribution in [1.29, 1.82) is 0 Å². The van der Waals surface area contributed by atoms with E-state index < -0.39 is 30.5 Å². The Hall–Kier alpha value is -4.31. The van der Waals surface area contributed by atoms with Gasteiger partial charge < -0.3 is 21.5 Å². The van der Waals surface area contributed by atoms with Gasteiger partial charge >= 0.3 is 6.36 Å². The fourth-order valence-electron chi connectivity index (χ4n) is 4.15. The van der Waals surface area contributed by atoms with Crippen LogP contribution in [-0.4, -0.2) is 64.7 Å². The highest BCUT2D eigenvalue weighted by molar-refractivity contribution is 6.02. The Bertz CT molecular complexity index is 1500. The van der Waals surface area contributed by atoms with E-state index in [4.69, 9.17) is 5.73 Å². The Kier molecular flexibility index (Phi) is 5.71. The van der Waals surface area contributed by atoms with Crippen molar-refractivity contribution in [2.24, 2.45) is 7.05 Å². The number of nitrogens with two attached hydrogens (primary N) is 1. The van der Waals surface area contributed by atoms with E-state index in [0.717, 1.165) is 0 Å². The molecular formula is C21H21F3N10O3. The molecule has 2 atom stereocenters. The third-order valence-electron chi connectivity index (χ3n) is 5.99. The minimum absolute atomic E-state index is 0.0267. The number of alkyl halides is 3. The zero-order valence-corrected chi connectivity index (χ0v) is 19.5. The van der Waals surface area contributed by atoms with Gasteiger partial charge in [-0.15, -0.1) is 13.2 Å². The summed E-state index contributed by atoms with van der Waals surface area (Å²) in [6.45, 7) is 0.569. The van der Waals surface area contributed by atoms with E-state index in [1.807, 2.05) is 0 Å². The maximum absolute atomic E-state index is 13.2. The molecule has 0 aromatic carbocycles. The molecule has 16 heteroatoms. The molecule has 0 fully saturated rings. The molecule has 0 aliphatic carbocycles. The quantitative estimate of drug-likeness (QED) is 0.292. The number of carbonyl (C=O) groups is 1. The van der Waals surface area contributed by atoms with E-state index >= 15 is 0 Å². The Morgan fingerprint density at radius 3 is 2.81 bits per heavy atom. The molecule has 1 aliphatic heterocycles. The molecule has 1 amide bonds. The Labute approximate surface area is 206 Å². The van der Waals surface area contributed by atoms with Crippen LogP contribution in [0.5, 0.6) is 0 Å². The molecule has 2 unspecified atom stereocenters. The second-order valence-corrected chi connectivity index (χ2v) is 8.47. The summed E-state index contributed by atoms with van der Waals surface area (Å²) in [4.78, 5) is 26.1. The summed E-state index contributed by atoms with van der Waals surface area (Å²) >= 11 is 0. The van der Waals surface area contributed by atoms with Crippen LogP contribution in [0, 0.1) is 0 Å². The third kappa shape index (κ3) is 4.29. The van der Waals surface area contributed by atoms with Crippen LogP contribution in [0.4, 0.5) is 30.6 Å². The van der Waals surface area contributed by atoms with E-state index in [1.165, 1.54) is 22.5 Å². The summed E-state index contributed by atoms with van der Waals surface area (Å²) in [6, 6.07) is 4.88. The maximum atomic E-state index is 13.2. The number of anilines is 3. The fraction of sp³-hybridized carbons (Fsp3) is 0.333. The summed E-state index contributed by atoms with van der Waals surface area (Å²) < 4.78 is 43.9. The topological polar surface area (TPSA) is 171 Å². The van der Waals surface area contributed by atoms with Crippen molar-refractivity contribution in [2.45, 2.75) is 31.5 Å². The van der Waals surface area contributed by atoms with E-state index in [2.05, 4.69) is 40.5 Å². The van der Waals surface area contributed by atoms with Gasteiger partial charge in [0.2, 0.25) is 5.91 Å². The first kappa shape index (κ1) is 24.4. The molecule has 0 saturated heterocycles. The van der Waals surface area contributed by atoms with Crippen molar-refractivity contribution in [2.75, 3.05) is 23.0 Å². The number of aliphatic hydroxyl groups is 1. The number of nitrogens with zero attached hydrogens (tertiary/aromatic N) is 7. The van der Waals surface area contributed by atoms with E-state index in [1.54, 1.807) is 31.4 Å². The Morgan fingerprint density at radius 1 is 1.32 bits per heavy atom. The van der Waals surface area contributed by atoms with Gasteiger partial charge in [-0.05, 0) is 19.1 Å². The van der Waals surface area contributed by atoms with Crippen molar-refractivity contribution in [3.8, 4) is 11.5 Å². The van der Waals surface area contributed by atoms with E-state index in [0.29, 0.717) is 11.0 Å². The SMILES string of the molecule is Cn1ccc(NC(=O)C2(C)c3c(N)nc(-c4nn(CCOC(F)(F)F)c5ncccc45)nc3NC2O)n1. The molecule has 194 valence electrons. The standard InChI is InChI=1S/C21H21F3N10O3/c1-20(18(35)27-11-5-7-33(2)31-11)12-14(25)28-16(29-15(12)30-19(20)36)13-10-4-3-6-26-17(10)34(32-13)8-9-37-21(22,23)24/h3-7,19,36H,8-9H2,1-2H3,(H,27,31,35)(H3,25,28,29,30). The predicted molar refractivity (Wildman–Crippen MR) is 124 cm³/mol. The average Bonchev–Trinajstić information content (AvgIpc) is 3.48. The number of rotatable bonds is 6. The van der Waals surface area contributed by atoms with E-state index in [-0.39, 0.29) is 41.1 Å². The Morgan fingerprint density at radius 2 is 2.11 bits per heavy atom. The van der Waals surface area contributed by atoms with Crippen LogP contribution in [0.15, 0.2) is 30.6 Å². The van der Waals surface area contributed by atoms with Crippen LogP contribution in [-0.2, 0) is 28.5 Å². The van der Waals surface area contributed by atoms with Gasteiger partial charge in [-0.3, -0.25) is 14.2 Å². The molecule has 4 aromatic heterocycles. The zero-order chi connectivity index (χ0) is 26.5. The van der Waals surface area contributed by atoms with Gasteiger partial charge in [0.15, 0.2) is 17.3 Å². The summed E-state index contributed by atoms with van der Waals surface area (Å²) in [7, 11) is 1.69. The molecule has 5 rings (SSSR count). The molecular weight excluding hydrogens is 497 g/mol. The first-order chi connectivity index (χ1) is 17.5. The molecule has 0 bridgehead atoms. The predicted octanol–water partition coefficient (Wildman–Crippen LogP) is 1.38. The number of amides is 1. The third-order valence-corrected chi connectivity index (χ3v) is 5.99.